The molecule has 0 saturated heterocycles. The molecule has 1 saturated carbocycles. The van der Waals surface area contributed by atoms with Crippen molar-refractivity contribution in [1.29, 1.82) is 0 Å². The van der Waals surface area contributed by atoms with Crippen LogP contribution in [-0.4, -0.2) is 11.1 Å². The average molecular weight is 260 g/mol. The van der Waals surface area contributed by atoms with E-state index in [2.05, 4.69) is 52.8 Å². The van der Waals surface area contributed by atoms with Crippen molar-refractivity contribution in [3.63, 3.8) is 0 Å². The summed E-state index contributed by atoms with van der Waals surface area (Å²) in [4.78, 5) is 11.5. The molecule has 0 amide bonds. The summed E-state index contributed by atoms with van der Waals surface area (Å²) in [5.41, 5.74) is 3.74. The smallest absolute Gasteiger partial charge is 0.307 e. The van der Waals surface area contributed by atoms with Gasteiger partial charge in [-0.1, -0.05) is 44.5 Å². The van der Waals surface area contributed by atoms with E-state index in [1.54, 1.807) is 0 Å². The lowest BCUT2D eigenvalue weighted by Gasteiger charge is -2.30. The molecule has 1 aliphatic carbocycles. The lowest BCUT2D eigenvalue weighted by molar-refractivity contribution is -0.145. The Balaban J connectivity index is 2.39. The van der Waals surface area contributed by atoms with E-state index in [4.69, 9.17) is 0 Å². The predicted molar refractivity (Wildman–Crippen MR) is 77.3 cm³/mol. The molecule has 2 rings (SSSR count). The molecule has 0 spiro atoms. The topological polar surface area (TPSA) is 37.3 Å². The van der Waals surface area contributed by atoms with Crippen LogP contribution in [0.25, 0.3) is 0 Å². The van der Waals surface area contributed by atoms with Crippen molar-refractivity contribution in [3.05, 3.63) is 34.9 Å². The van der Waals surface area contributed by atoms with E-state index in [9.17, 15) is 9.90 Å². The molecule has 19 heavy (non-hydrogen) atoms. The van der Waals surface area contributed by atoms with E-state index in [0.29, 0.717) is 11.8 Å². The normalized spacial score (nSPS) is 29.4. The van der Waals surface area contributed by atoms with E-state index < -0.39 is 5.97 Å². The SMILES string of the molecule is Cc1ccc([C@@H]2C[C@@H](C(=O)O)C(C)(C)[C@H]2C)c(C)c1. The molecule has 2 heteroatoms. The largest absolute Gasteiger partial charge is 0.481 e. The fraction of sp³-hybridized carbons (Fsp3) is 0.588. The van der Waals surface area contributed by atoms with Crippen LogP contribution in [0.15, 0.2) is 18.2 Å². The number of hydrogen-bond acceptors (Lipinski definition) is 1. The number of aryl methyl sites for hydroxylation is 2. The summed E-state index contributed by atoms with van der Waals surface area (Å²) in [6, 6.07) is 6.52. The fourth-order valence-corrected chi connectivity index (χ4v) is 3.65. The van der Waals surface area contributed by atoms with Crippen LogP contribution in [0.1, 0.15) is 49.8 Å². The van der Waals surface area contributed by atoms with Gasteiger partial charge in [0.25, 0.3) is 0 Å². The van der Waals surface area contributed by atoms with E-state index >= 15 is 0 Å². The number of aliphatic carboxylic acids is 1. The van der Waals surface area contributed by atoms with Gasteiger partial charge in [0.2, 0.25) is 0 Å². The predicted octanol–water partition coefficient (Wildman–Crippen LogP) is 4.15. The molecule has 0 unspecified atom stereocenters. The molecular weight excluding hydrogens is 236 g/mol. The lowest BCUT2D eigenvalue weighted by Crippen LogP contribution is -2.29. The monoisotopic (exact) mass is 260 g/mol. The minimum atomic E-state index is -0.649. The third-order valence-electron chi connectivity index (χ3n) is 5.29. The molecule has 1 aromatic rings. The van der Waals surface area contributed by atoms with Gasteiger partial charge in [-0.3, -0.25) is 4.79 Å². The van der Waals surface area contributed by atoms with Gasteiger partial charge in [-0.2, -0.15) is 0 Å². The second kappa shape index (κ2) is 4.66. The van der Waals surface area contributed by atoms with E-state index in [-0.39, 0.29) is 11.3 Å². The van der Waals surface area contributed by atoms with E-state index in [0.717, 1.165) is 6.42 Å². The van der Waals surface area contributed by atoms with Crippen LogP contribution in [0.3, 0.4) is 0 Å². The molecule has 3 atom stereocenters. The van der Waals surface area contributed by atoms with Gasteiger partial charge >= 0.3 is 5.97 Å². The molecule has 0 aromatic heterocycles. The average Bonchev–Trinajstić information content (AvgIpc) is 2.52. The Morgan fingerprint density at radius 1 is 1.32 bits per heavy atom. The summed E-state index contributed by atoms with van der Waals surface area (Å²) in [7, 11) is 0. The number of carboxylic acids is 1. The summed E-state index contributed by atoms with van der Waals surface area (Å²) in [6.07, 6.45) is 0.757. The van der Waals surface area contributed by atoms with E-state index in [1.807, 2.05) is 0 Å². The van der Waals surface area contributed by atoms with Gasteiger partial charge in [0.15, 0.2) is 0 Å². The van der Waals surface area contributed by atoms with Crippen molar-refractivity contribution in [2.75, 3.05) is 0 Å². The van der Waals surface area contributed by atoms with Crippen molar-refractivity contribution in [2.45, 2.75) is 47.0 Å². The van der Waals surface area contributed by atoms with Gasteiger partial charge in [-0.05, 0) is 48.6 Å². The van der Waals surface area contributed by atoms with Crippen LogP contribution < -0.4 is 0 Å². The van der Waals surface area contributed by atoms with Crippen LogP contribution in [0, 0.1) is 31.1 Å². The van der Waals surface area contributed by atoms with Gasteiger partial charge in [0.1, 0.15) is 0 Å². The number of carboxylic acid groups (broad SMARTS) is 1. The molecule has 1 fully saturated rings. The van der Waals surface area contributed by atoms with Crippen molar-refractivity contribution in [3.8, 4) is 0 Å². The summed E-state index contributed by atoms with van der Waals surface area (Å²) < 4.78 is 0. The number of benzene rings is 1. The first-order chi connectivity index (χ1) is 8.75. The Labute approximate surface area is 115 Å². The molecule has 0 bridgehead atoms. The maximum Gasteiger partial charge on any atom is 0.307 e. The zero-order valence-electron chi connectivity index (χ0n) is 12.5. The first-order valence-electron chi connectivity index (χ1n) is 7.05. The van der Waals surface area contributed by atoms with Gasteiger partial charge in [0.05, 0.1) is 5.92 Å². The molecule has 0 radical (unpaired) electrons. The Morgan fingerprint density at radius 2 is 1.95 bits per heavy atom. The molecular formula is C17H24O2. The Hall–Kier alpha value is -1.31. The van der Waals surface area contributed by atoms with Gasteiger partial charge in [0, 0.05) is 0 Å². The van der Waals surface area contributed by atoms with Gasteiger partial charge < -0.3 is 5.11 Å². The Bertz CT molecular complexity index is 502. The van der Waals surface area contributed by atoms with Crippen molar-refractivity contribution in [2.24, 2.45) is 17.3 Å². The van der Waals surface area contributed by atoms with Crippen LogP contribution in [0.4, 0.5) is 0 Å². The van der Waals surface area contributed by atoms with Crippen LogP contribution in [0.2, 0.25) is 0 Å². The quantitative estimate of drug-likeness (QED) is 0.867. The second-order valence-corrected chi connectivity index (χ2v) is 6.70. The Kier molecular flexibility index (Phi) is 3.46. The highest BCUT2D eigenvalue weighted by Gasteiger charge is 2.50. The Morgan fingerprint density at radius 3 is 2.42 bits per heavy atom. The molecule has 0 aliphatic heterocycles. The molecule has 0 heterocycles. The van der Waals surface area contributed by atoms with Crippen molar-refractivity contribution in [1.82, 2.24) is 0 Å². The summed E-state index contributed by atoms with van der Waals surface area (Å²) in [6.45, 7) is 10.6. The highest BCUT2D eigenvalue weighted by molar-refractivity contribution is 5.72. The molecule has 1 N–H and O–H groups in total. The van der Waals surface area contributed by atoms with Crippen LogP contribution in [-0.2, 0) is 4.79 Å². The highest BCUT2D eigenvalue weighted by Crippen LogP contribution is 2.55. The maximum absolute atomic E-state index is 11.5. The highest BCUT2D eigenvalue weighted by atomic mass is 16.4. The van der Waals surface area contributed by atoms with Crippen LogP contribution in [0.5, 0.6) is 0 Å². The molecule has 104 valence electrons. The first kappa shape index (κ1) is 14.1. The second-order valence-electron chi connectivity index (χ2n) is 6.70. The van der Waals surface area contributed by atoms with Crippen LogP contribution >= 0.6 is 0 Å². The zero-order valence-corrected chi connectivity index (χ0v) is 12.5. The molecule has 1 aliphatic rings. The maximum atomic E-state index is 11.5. The van der Waals surface area contributed by atoms with Crippen molar-refractivity contribution >= 4 is 5.97 Å². The summed E-state index contributed by atoms with van der Waals surface area (Å²) in [5.74, 6) is -0.149. The molecule has 1 aromatic carbocycles. The third-order valence-corrected chi connectivity index (χ3v) is 5.29. The lowest BCUT2D eigenvalue weighted by atomic mass is 9.74. The standard InChI is InChI=1S/C17H24O2/c1-10-6-7-13(11(2)8-10)14-9-15(16(18)19)17(4,5)12(14)3/h6-8,12,14-15H,9H2,1-5H3,(H,18,19)/t12-,14+,15-/m0/s1. The minimum absolute atomic E-state index is 0.145. The first-order valence-corrected chi connectivity index (χ1v) is 7.05. The van der Waals surface area contributed by atoms with Gasteiger partial charge in [-0.15, -0.1) is 0 Å². The van der Waals surface area contributed by atoms with Crippen molar-refractivity contribution < 1.29 is 9.90 Å². The zero-order chi connectivity index (χ0) is 14.4. The number of hydrogen-bond donors (Lipinski definition) is 1. The fourth-order valence-electron chi connectivity index (χ4n) is 3.65. The van der Waals surface area contributed by atoms with E-state index in [1.165, 1.54) is 16.7 Å². The summed E-state index contributed by atoms with van der Waals surface area (Å²) >= 11 is 0. The van der Waals surface area contributed by atoms with Gasteiger partial charge in [-0.25, -0.2) is 0 Å². The summed E-state index contributed by atoms with van der Waals surface area (Å²) in [5, 5.41) is 9.44. The molecule has 2 nitrogen and oxygen atoms in total. The third kappa shape index (κ3) is 2.29. The number of rotatable bonds is 2. The number of carbonyl (C=O) groups is 1. The minimum Gasteiger partial charge on any atom is -0.481 e.